The molecule has 0 aromatic carbocycles. The highest BCUT2D eigenvalue weighted by Gasteiger charge is 2.22. The first-order valence-electron chi connectivity index (χ1n) is 6.39. The number of aryl methyl sites for hydroxylation is 3. The fourth-order valence-corrected chi connectivity index (χ4v) is 5.40. The Bertz CT molecular complexity index is 678. The molecule has 0 radical (unpaired) electrons. The predicted octanol–water partition coefficient (Wildman–Crippen LogP) is 3.72. The zero-order chi connectivity index (χ0) is 13.6. The van der Waals surface area contributed by atoms with Crippen LogP contribution in [0.15, 0.2) is 0 Å². The summed E-state index contributed by atoms with van der Waals surface area (Å²) in [6.07, 6.45) is 4.83. The van der Waals surface area contributed by atoms with Gasteiger partial charge < -0.3 is 5.11 Å². The van der Waals surface area contributed by atoms with Crippen LogP contribution in [0.25, 0.3) is 10.2 Å². The van der Waals surface area contributed by atoms with Gasteiger partial charge in [-0.1, -0.05) is 0 Å². The number of aliphatic carboxylic acids is 1. The Morgan fingerprint density at radius 2 is 2.16 bits per heavy atom. The summed E-state index contributed by atoms with van der Waals surface area (Å²) in [6, 6.07) is 0. The van der Waals surface area contributed by atoms with Crippen LogP contribution in [-0.4, -0.2) is 16.1 Å². The van der Waals surface area contributed by atoms with Crippen molar-refractivity contribution in [2.75, 3.05) is 0 Å². The highest BCUT2D eigenvalue weighted by molar-refractivity contribution is 14.1. The summed E-state index contributed by atoms with van der Waals surface area (Å²) in [5, 5.41) is 10.3. The molecule has 0 fully saturated rings. The van der Waals surface area contributed by atoms with Crippen molar-refractivity contribution in [3.05, 3.63) is 25.3 Å². The van der Waals surface area contributed by atoms with Gasteiger partial charge in [0.1, 0.15) is 4.83 Å². The minimum absolute atomic E-state index is 0.0671. The van der Waals surface area contributed by atoms with Crippen molar-refractivity contribution < 1.29 is 9.90 Å². The summed E-state index contributed by atoms with van der Waals surface area (Å²) < 4.78 is 1.10. The van der Waals surface area contributed by atoms with E-state index in [1.165, 1.54) is 28.7 Å². The first-order valence-corrected chi connectivity index (χ1v) is 8.28. The molecule has 0 amide bonds. The number of thiophene rings is 1. The number of hydrogen-bond acceptors (Lipinski definition) is 3. The smallest absolute Gasteiger partial charge is 0.307 e. The molecule has 0 unspecified atom stereocenters. The maximum atomic E-state index is 11.0. The Morgan fingerprint density at radius 1 is 1.42 bits per heavy atom. The molecular weight excluding hydrogens is 373 g/mol. The Morgan fingerprint density at radius 3 is 2.89 bits per heavy atom. The van der Waals surface area contributed by atoms with Crippen molar-refractivity contribution >= 4 is 50.1 Å². The van der Waals surface area contributed by atoms with Crippen molar-refractivity contribution in [3.63, 3.8) is 0 Å². The van der Waals surface area contributed by atoms with E-state index in [9.17, 15) is 4.79 Å². The van der Waals surface area contributed by atoms with E-state index in [0.29, 0.717) is 0 Å². The second-order valence-corrected chi connectivity index (χ2v) is 7.11. The van der Waals surface area contributed by atoms with E-state index >= 15 is 0 Å². The number of aromatic nitrogens is 1. The molecule has 0 saturated heterocycles. The van der Waals surface area contributed by atoms with Crippen LogP contribution in [0.1, 0.15) is 34.5 Å². The van der Waals surface area contributed by atoms with Crippen LogP contribution < -0.4 is 0 Å². The zero-order valence-corrected chi connectivity index (χ0v) is 13.6. The van der Waals surface area contributed by atoms with Gasteiger partial charge >= 0.3 is 5.97 Å². The third-order valence-electron chi connectivity index (χ3n) is 3.67. The number of carboxylic acid groups (broad SMARTS) is 1. The molecule has 0 saturated carbocycles. The van der Waals surface area contributed by atoms with Crippen LogP contribution in [0.2, 0.25) is 0 Å². The van der Waals surface area contributed by atoms with Crippen molar-refractivity contribution in [3.8, 4) is 0 Å². The van der Waals surface area contributed by atoms with Crippen LogP contribution >= 0.6 is 33.9 Å². The molecular formula is C14H14INO2S. The van der Waals surface area contributed by atoms with Crippen LogP contribution in [0.5, 0.6) is 0 Å². The molecule has 5 heteroatoms. The first-order chi connectivity index (χ1) is 9.08. The maximum Gasteiger partial charge on any atom is 0.307 e. The Labute approximate surface area is 129 Å². The Kier molecular flexibility index (Phi) is 3.51. The molecule has 2 heterocycles. The monoisotopic (exact) mass is 387 g/mol. The number of hydrogen-bond donors (Lipinski definition) is 1. The SMILES string of the molecule is Cc1nc2sc3c(c2c(I)c1CC(=O)O)CCCC3. The van der Waals surface area contributed by atoms with E-state index in [0.717, 1.165) is 32.5 Å². The van der Waals surface area contributed by atoms with E-state index in [2.05, 4.69) is 27.6 Å². The van der Waals surface area contributed by atoms with E-state index in [4.69, 9.17) is 5.11 Å². The highest BCUT2D eigenvalue weighted by Crippen LogP contribution is 2.39. The number of pyridine rings is 1. The Hall–Kier alpha value is -0.690. The number of halogens is 1. The molecule has 0 spiro atoms. The van der Waals surface area contributed by atoms with Crippen LogP contribution in [0.4, 0.5) is 0 Å². The van der Waals surface area contributed by atoms with E-state index in [1.807, 2.05) is 6.92 Å². The fraction of sp³-hybridized carbons (Fsp3) is 0.429. The normalized spacial score (nSPS) is 14.6. The number of nitrogens with zero attached hydrogens (tertiary/aromatic N) is 1. The highest BCUT2D eigenvalue weighted by atomic mass is 127. The van der Waals surface area contributed by atoms with Gasteiger partial charge in [0.25, 0.3) is 0 Å². The lowest BCUT2D eigenvalue weighted by Gasteiger charge is -2.12. The number of fused-ring (bicyclic) bond motifs is 3. The summed E-state index contributed by atoms with van der Waals surface area (Å²) in [5.74, 6) is -0.786. The minimum atomic E-state index is -0.786. The van der Waals surface area contributed by atoms with Gasteiger partial charge in [-0.3, -0.25) is 4.79 Å². The summed E-state index contributed by atoms with van der Waals surface area (Å²) in [6.45, 7) is 1.92. The lowest BCUT2D eigenvalue weighted by atomic mass is 9.96. The van der Waals surface area contributed by atoms with Crippen molar-refractivity contribution in [1.29, 1.82) is 0 Å². The molecule has 1 aliphatic carbocycles. The molecule has 2 aromatic heterocycles. The van der Waals surface area contributed by atoms with Crippen molar-refractivity contribution in [2.24, 2.45) is 0 Å². The zero-order valence-electron chi connectivity index (χ0n) is 10.6. The average molecular weight is 387 g/mol. The predicted molar refractivity (Wildman–Crippen MR) is 85.1 cm³/mol. The lowest BCUT2D eigenvalue weighted by Crippen LogP contribution is -2.07. The molecule has 3 rings (SSSR count). The van der Waals surface area contributed by atoms with Gasteiger partial charge in [0.2, 0.25) is 0 Å². The molecule has 19 heavy (non-hydrogen) atoms. The van der Waals surface area contributed by atoms with Gasteiger partial charge in [0.05, 0.1) is 6.42 Å². The van der Waals surface area contributed by atoms with Gasteiger partial charge in [-0.2, -0.15) is 0 Å². The summed E-state index contributed by atoms with van der Waals surface area (Å²) >= 11 is 4.10. The van der Waals surface area contributed by atoms with Crippen LogP contribution in [0.3, 0.4) is 0 Å². The van der Waals surface area contributed by atoms with Crippen LogP contribution in [-0.2, 0) is 24.1 Å². The fourth-order valence-electron chi connectivity index (χ4n) is 2.74. The van der Waals surface area contributed by atoms with Crippen LogP contribution in [0, 0.1) is 10.5 Å². The summed E-state index contributed by atoms with van der Waals surface area (Å²) in [7, 11) is 0. The van der Waals surface area contributed by atoms with Gasteiger partial charge in [-0.15, -0.1) is 11.3 Å². The number of carbonyl (C=O) groups is 1. The molecule has 1 aliphatic rings. The third kappa shape index (κ3) is 2.27. The number of carboxylic acids is 1. The molecule has 0 atom stereocenters. The number of rotatable bonds is 2. The molecule has 2 aromatic rings. The minimum Gasteiger partial charge on any atom is -0.481 e. The van der Waals surface area contributed by atoms with Gasteiger partial charge in [-0.05, 0) is 66.3 Å². The topological polar surface area (TPSA) is 50.2 Å². The van der Waals surface area contributed by atoms with E-state index < -0.39 is 5.97 Å². The molecule has 3 nitrogen and oxygen atoms in total. The lowest BCUT2D eigenvalue weighted by molar-refractivity contribution is -0.136. The standard InChI is InChI=1S/C14H14INO2S/c1-7-9(6-11(17)18)13(15)12-8-4-2-3-5-10(8)19-14(12)16-7/h2-6H2,1H3,(H,17,18). The largest absolute Gasteiger partial charge is 0.481 e. The van der Waals surface area contributed by atoms with Gasteiger partial charge in [0.15, 0.2) is 0 Å². The third-order valence-corrected chi connectivity index (χ3v) is 6.05. The molecule has 1 N–H and O–H groups in total. The van der Waals surface area contributed by atoms with Crippen molar-refractivity contribution in [2.45, 2.75) is 39.0 Å². The first kappa shape index (κ1) is 13.3. The Balaban J connectivity index is 2.27. The van der Waals surface area contributed by atoms with E-state index in [1.54, 1.807) is 11.3 Å². The second-order valence-electron chi connectivity index (χ2n) is 4.95. The quantitative estimate of drug-likeness (QED) is 0.800. The summed E-state index contributed by atoms with van der Waals surface area (Å²) in [4.78, 5) is 18.2. The molecule has 0 aliphatic heterocycles. The van der Waals surface area contributed by atoms with Gasteiger partial charge in [-0.25, -0.2) is 4.98 Å². The molecule has 0 bridgehead atoms. The average Bonchev–Trinajstić information content (AvgIpc) is 2.72. The summed E-state index contributed by atoms with van der Waals surface area (Å²) in [5.41, 5.74) is 3.17. The van der Waals surface area contributed by atoms with E-state index in [-0.39, 0.29) is 6.42 Å². The second kappa shape index (κ2) is 5.01. The van der Waals surface area contributed by atoms with Crippen molar-refractivity contribution in [1.82, 2.24) is 4.98 Å². The van der Waals surface area contributed by atoms with Gasteiger partial charge in [0, 0.05) is 19.5 Å². The molecule has 100 valence electrons. The maximum absolute atomic E-state index is 11.0.